The van der Waals surface area contributed by atoms with Crippen molar-refractivity contribution in [2.75, 3.05) is 0 Å². The van der Waals surface area contributed by atoms with Crippen LogP contribution in [0.4, 0.5) is 0 Å². The van der Waals surface area contributed by atoms with Crippen LogP contribution in [0.25, 0.3) is 5.65 Å². The van der Waals surface area contributed by atoms with Crippen molar-refractivity contribution in [2.45, 2.75) is 52.0 Å². The van der Waals surface area contributed by atoms with E-state index in [2.05, 4.69) is 22.2 Å². The lowest BCUT2D eigenvalue weighted by atomic mass is 10.0. The van der Waals surface area contributed by atoms with Gasteiger partial charge in [-0.15, -0.1) is 10.2 Å². The van der Waals surface area contributed by atoms with E-state index >= 15 is 0 Å². The maximum Gasteiger partial charge on any atom is 0.177 e. The predicted octanol–water partition coefficient (Wildman–Crippen LogP) is 2.05. The van der Waals surface area contributed by atoms with Gasteiger partial charge in [0.15, 0.2) is 11.5 Å². The topological polar surface area (TPSA) is 69.1 Å². The maximum atomic E-state index is 5.76. The number of aryl methyl sites for hydroxylation is 1. The number of nitrogens with two attached hydrogens (primary N) is 1. The predicted molar refractivity (Wildman–Crippen MR) is 71.4 cm³/mol. The van der Waals surface area contributed by atoms with E-state index in [-0.39, 0.29) is 6.04 Å². The van der Waals surface area contributed by atoms with E-state index in [0.29, 0.717) is 5.92 Å². The lowest BCUT2D eigenvalue weighted by molar-refractivity contribution is 0.535. The van der Waals surface area contributed by atoms with Gasteiger partial charge in [-0.1, -0.05) is 13.3 Å². The number of hydrogen-bond donors (Lipinski definition) is 1. The van der Waals surface area contributed by atoms with Crippen molar-refractivity contribution in [1.82, 2.24) is 19.8 Å². The molecule has 0 spiro atoms. The number of nitrogens with zero attached hydrogens (tertiary/aromatic N) is 4. The molecule has 2 atom stereocenters. The molecule has 0 fully saturated rings. The van der Waals surface area contributed by atoms with E-state index in [1.165, 1.54) is 0 Å². The molecule has 2 rings (SSSR count). The first-order valence-corrected chi connectivity index (χ1v) is 6.52. The van der Waals surface area contributed by atoms with Crippen LogP contribution in [-0.4, -0.2) is 25.9 Å². The molecule has 2 aromatic rings. The Morgan fingerprint density at radius 3 is 2.72 bits per heavy atom. The summed E-state index contributed by atoms with van der Waals surface area (Å²) in [6.45, 7) is 6.19. The first-order chi connectivity index (χ1) is 8.58. The summed E-state index contributed by atoms with van der Waals surface area (Å²) in [5.74, 6) is 1.30. The lowest BCUT2D eigenvalue weighted by Crippen LogP contribution is -2.14. The van der Waals surface area contributed by atoms with Gasteiger partial charge in [0, 0.05) is 12.0 Å². The highest BCUT2D eigenvalue weighted by Crippen LogP contribution is 2.20. The van der Waals surface area contributed by atoms with E-state index in [4.69, 9.17) is 5.73 Å². The van der Waals surface area contributed by atoms with Crippen LogP contribution in [0.3, 0.4) is 0 Å². The highest BCUT2D eigenvalue weighted by atomic mass is 15.4. The van der Waals surface area contributed by atoms with Crippen molar-refractivity contribution in [1.29, 1.82) is 0 Å². The largest absolute Gasteiger partial charge is 0.328 e. The molecular formula is C13H21N5. The number of rotatable bonds is 5. The van der Waals surface area contributed by atoms with Crippen LogP contribution in [-0.2, 0) is 0 Å². The molecule has 5 heteroatoms. The second-order valence-corrected chi connectivity index (χ2v) is 5.11. The number of fused-ring (bicyclic) bond motifs is 1. The van der Waals surface area contributed by atoms with Crippen LogP contribution in [0.5, 0.6) is 0 Å². The summed E-state index contributed by atoms with van der Waals surface area (Å²) < 4.78 is 1.85. The normalized spacial score (nSPS) is 14.9. The Bertz CT molecular complexity index is 517. The van der Waals surface area contributed by atoms with Crippen LogP contribution in [0.1, 0.15) is 50.5 Å². The molecule has 2 N–H and O–H groups in total. The maximum absolute atomic E-state index is 5.76. The van der Waals surface area contributed by atoms with Gasteiger partial charge in [-0.25, -0.2) is 0 Å². The molecule has 0 saturated carbocycles. The minimum absolute atomic E-state index is 0.271. The summed E-state index contributed by atoms with van der Waals surface area (Å²) in [6, 6.07) is 4.18. The average Bonchev–Trinajstić information content (AvgIpc) is 2.71. The van der Waals surface area contributed by atoms with Crippen molar-refractivity contribution in [2.24, 2.45) is 5.73 Å². The van der Waals surface area contributed by atoms with Crippen LogP contribution < -0.4 is 5.73 Å². The summed E-state index contributed by atoms with van der Waals surface area (Å²) >= 11 is 0. The fourth-order valence-corrected chi connectivity index (χ4v) is 2.08. The van der Waals surface area contributed by atoms with Crippen molar-refractivity contribution in [3.05, 3.63) is 23.7 Å². The Morgan fingerprint density at radius 2 is 2.00 bits per heavy atom. The molecule has 5 nitrogen and oxygen atoms in total. The zero-order chi connectivity index (χ0) is 13.1. The molecule has 2 heterocycles. The Kier molecular flexibility index (Phi) is 3.91. The zero-order valence-corrected chi connectivity index (χ0v) is 11.3. The van der Waals surface area contributed by atoms with Crippen molar-refractivity contribution < 1.29 is 0 Å². The summed E-state index contributed by atoms with van der Waals surface area (Å²) in [6.07, 6.45) is 3.23. The van der Waals surface area contributed by atoms with E-state index < -0.39 is 0 Å². The lowest BCUT2D eigenvalue weighted by Gasteiger charge is -2.10. The molecule has 0 aliphatic carbocycles. The molecule has 98 valence electrons. The average molecular weight is 247 g/mol. The highest BCUT2D eigenvalue weighted by Gasteiger charge is 2.14. The van der Waals surface area contributed by atoms with Gasteiger partial charge in [-0.2, -0.15) is 9.61 Å². The Balaban J connectivity index is 2.12. The Morgan fingerprint density at radius 1 is 1.22 bits per heavy atom. The third-order valence-corrected chi connectivity index (χ3v) is 3.16. The smallest absolute Gasteiger partial charge is 0.177 e. The molecule has 2 unspecified atom stereocenters. The van der Waals surface area contributed by atoms with E-state index in [0.717, 1.165) is 36.4 Å². The van der Waals surface area contributed by atoms with Crippen LogP contribution >= 0.6 is 0 Å². The number of aromatic nitrogens is 4. The van der Waals surface area contributed by atoms with Gasteiger partial charge in [0.2, 0.25) is 0 Å². The molecular weight excluding hydrogens is 226 g/mol. The second kappa shape index (κ2) is 5.44. The molecule has 2 aromatic heterocycles. The Hall–Kier alpha value is -1.49. The SMILES string of the molecule is Cc1ccc2nnc(C(C)CCCC(C)N)n2n1. The van der Waals surface area contributed by atoms with Crippen LogP contribution in [0.15, 0.2) is 12.1 Å². The molecule has 0 aliphatic heterocycles. The third kappa shape index (κ3) is 2.85. The zero-order valence-electron chi connectivity index (χ0n) is 11.3. The van der Waals surface area contributed by atoms with E-state index in [1.807, 2.05) is 30.5 Å². The summed E-state index contributed by atoms with van der Waals surface area (Å²) in [7, 11) is 0. The monoisotopic (exact) mass is 247 g/mol. The molecule has 0 amide bonds. The fourth-order valence-electron chi connectivity index (χ4n) is 2.08. The van der Waals surface area contributed by atoms with Gasteiger partial charge in [0.1, 0.15) is 0 Å². The molecule has 0 aliphatic rings. The van der Waals surface area contributed by atoms with Gasteiger partial charge in [0.25, 0.3) is 0 Å². The van der Waals surface area contributed by atoms with Gasteiger partial charge in [-0.3, -0.25) is 0 Å². The third-order valence-electron chi connectivity index (χ3n) is 3.16. The second-order valence-electron chi connectivity index (χ2n) is 5.11. The molecule has 0 saturated heterocycles. The first-order valence-electron chi connectivity index (χ1n) is 6.52. The summed E-state index contributed by atoms with van der Waals surface area (Å²) in [5.41, 5.74) is 7.55. The molecule has 0 radical (unpaired) electrons. The number of hydrogen-bond acceptors (Lipinski definition) is 4. The standard InChI is InChI=1S/C13H21N5/c1-9(5-4-6-10(2)14)13-16-15-12-8-7-11(3)17-18(12)13/h7-10H,4-6,14H2,1-3H3. The first kappa shape index (κ1) is 13.0. The molecule has 18 heavy (non-hydrogen) atoms. The highest BCUT2D eigenvalue weighted by molar-refractivity contribution is 5.36. The quantitative estimate of drug-likeness (QED) is 0.878. The fraction of sp³-hybridized carbons (Fsp3) is 0.615. The summed E-state index contributed by atoms with van der Waals surface area (Å²) in [4.78, 5) is 0. The minimum Gasteiger partial charge on any atom is -0.328 e. The van der Waals surface area contributed by atoms with Gasteiger partial charge in [0.05, 0.1) is 5.69 Å². The van der Waals surface area contributed by atoms with Gasteiger partial charge >= 0.3 is 0 Å². The van der Waals surface area contributed by atoms with Crippen LogP contribution in [0, 0.1) is 6.92 Å². The van der Waals surface area contributed by atoms with Crippen molar-refractivity contribution in [3.63, 3.8) is 0 Å². The summed E-state index contributed by atoms with van der Waals surface area (Å²) in [5, 5.41) is 12.9. The van der Waals surface area contributed by atoms with E-state index in [1.54, 1.807) is 0 Å². The van der Waals surface area contributed by atoms with Crippen molar-refractivity contribution in [3.8, 4) is 0 Å². The van der Waals surface area contributed by atoms with Gasteiger partial charge < -0.3 is 5.73 Å². The van der Waals surface area contributed by atoms with Gasteiger partial charge in [-0.05, 0) is 38.8 Å². The van der Waals surface area contributed by atoms with Crippen molar-refractivity contribution >= 4 is 5.65 Å². The van der Waals surface area contributed by atoms with Crippen LogP contribution in [0.2, 0.25) is 0 Å². The Labute approximate surface area is 107 Å². The van der Waals surface area contributed by atoms with E-state index in [9.17, 15) is 0 Å². The molecule has 0 aromatic carbocycles. The minimum atomic E-state index is 0.271. The molecule has 0 bridgehead atoms.